The molecule has 3 N–H and O–H groups in total. The van der Waals surface area contributed by atoms with Crippen molar-refractivity contribution < 1.29 is 19.4 Å². The van der Waals surface area contributed by atoms with Crippen molar-refractivity contribution in [1.29, 1.82) is 0 Å². The maximum atomic E-state index is 11.3. The molecule has 0 aromatic rings. The van der Waals surface area contributed by atoms with Crippen molar-refractivity contribution in [3.63, 3.8) is 0 Å². The van der Waals surface area contributed by atoms with E-state index in [0.717, 1.165) is 38.5 Å². The first-order valence-corrected chi connectivity index (χ1v) is 9.57. The topological polar surface area (TPSA) is 81.8 Å². The Morgan fingerprint density at radius 3 is 2.80 bits per heavy atom. The number of amides is 1. The van der Waals surface area contributed by atoms with E-state index in [1.807, 2.05) is 0 Å². The maximum absolute atomic E-state index is 11.3. The molecule has 2 heterocycles. The Morgan fingerprint density at radius 2 is 2.16 bits per heavy atom. The quantitative estimate of drug-likeness (QED) is 0.624. The van der Waals surface area contributed by atoms with Gasteiger partial charge in [-0.25, -0.2) is 0 Å². The van der Waals surface area contributed by atoms with Crippen LogP contribution < -0.4 is 5.73 Å². The van der Waals surface area contributed by atoms with Crippen molar-refractivity contribution in [2.75, 3.05) is 6.61 Å². The third kappa shape index (κ3) is 5.28. The summed E-state index contributed by atoms with van der Waals surface area (Å²) in [4.78, 5) is 11.3. The number of ether oxygens (including phenoxy) is 2. The number of hydrogen-bond donors (Lipinski definition) is 2. The lowest BCUT2D eigenvalue weighted by Gasteiger charge is -2.44. The summed E-state index contributed by atoms with van der Waals surface area (Å²) in [6, 6.07) is 0. The van der Waals surface area contributed by atoms with E-state index < -0.39 is 5.60 Å². The molecule has 2 fully saturated rings. The first kappa shape index (κ1) is 20.4. The van der Waals surface area contributed by atoms with E-state index in [-0.39, 0.29) is 36.1 Å². The van der Waals surface area contributed by atoms with Gasteiger partial charge in [0.2, 0.25) is 5.91 Å². The fourth-order valence-electron chi connectivity index (χ4n) is 4.03. The van der Waals surface area contributed by atoms with Crippen LogP contribution >= 0.6 is 0 Å². The van der Waals surface area contributed by atoms with Gasteiger partial charge in [-0.15, -0.1) is 0 Å². The first-order valence-electron chi connectivity index (χ1n) is 9.57. The van der Waals surface area contributed by atoms with Crippen LogP contribution in [0.15, 0.2) is 11.6 Å². The lowest BCUT2D eigenvalue weighted by atomic mass is 9.87. The van der Waals surface area contributed by atoms with E-state index in [1.54, 1.807) is 0 Å². The van der Waals surface area contributed by atoms with Gasteiger partial charge in [-0.3, -0.25) is 4.79 Å². The second-order valence-corrected chi connectivity index (χ2v) is 8.53. The highest BCUT2D eigenvalue weighted by atomic mass is 16.6. The predicted molar refractivity (Wildman–Crippen MR) is 98.1 cm³/mol. The van der Waals surface area contributed by atoms with Gasteiger partial charge in [0.15, 0.2) is 0 Å². The van der Waals surface area contributed by atoms with Gasteiger partial charge < -0.3 is 20.3 Å². The molecule has 2 aliphatic rings. The number of hydrogen-bond acceptors (Lipinski definition) is 4. The smallest absolute Gasteiger partial charge is 0.220 e. The van der Waals surface area contributed by atoms with Crippen molar-refractivity contribution in [1.82, 2.24) is 0 Å². The van der Waals surface area contributed by atoms with Crippen LogP contribution in [-0.4, -0.2) is 41.0 Å². The lowest BCUT2D eigenvalue weighted by Crippen LogP contribution is -2.53. The summed E-state index contributed by atoms with van der Waals surface area (Å²) in [5.74, 6) is -0.0618. The van der Waals surface area contributed by atoms with Crippen LogP contribution in [-0.2, 0) is 14.3 Å². The molecule has 2 bridgehead atoms. The van der Waals surface area contributed by atoms with E-state index in [4.69, 9.17) is 15.2 Å². The van der Waals surface area contributed by atoms with Gasteiger partial charge in [-0.1, -0.05) is 25.0 Å². The van der Waals surface area contributed by atoms with E-state index >= 15 is 0 Å². The SMILES string of the molecule is CC(C)=CCC(O)C(C)CCC[C@]1(C)OC[C@]2(CC(N)=O)CC[C@H]1O2. The molecular formula is C20H35NO4. The summed E-state index contributed by atoms with van der Waals surface area (Å²) in [5.41, 5.74) is 5.80. The molecule has 5 heteroatoms. The highest BCUT2D eigenvalue weighted by Gasteiger charge is 2.53. The molecule has 0 spiro atoms. The van der Waals surface area contributed by atoms with Gasteiger partial charge >= 0.3 is 0 Å². The van der Waals surface area contributed by atoms with Crippen molar-refractivity contribution >= 4 is 5.91 Å². The number of nitrogens with two attached hydrogens (primary N) is 1. The number of allylic oxidation sites excluding steroid dienone is 1. The summed E-state index contributed by atoms with van der Waals surface area (Å²) in [7, 11) is 0. The molecule has 0 radical (unpaired) electrons. The Bertz CT molecular complexity index is 502. The minimum Gasteiger partial charge on any atom is -0.393 e. The summed E-state index contributed by atoms with van der Waals surface area (Å²) < 4.78 is 12.4. The van der Waals surface area contributed by atoms with Gasteiger partial charge in [0.05, 0.1) is 30.8 Å². The van der Waals surface area contributed by atoms with E-state index in [1.165, 1.54) is 5.57 Å². The molecule has 144 valence electrons. The fourth-order valence-corrected chi connectivity index (χ4v) is 4.03. The molecule has 2 aliphatic heterocycles. The average molecular weight is 354 g/mol. The molecule has 2 saturated heterocycles. The highest BCUT2D eigenvalue weighted by molar-refractivity contribution is 5.75. The molecule has 1 amide bonds. The Labute approximate surface area is 151 Å². The normalized spacial score (nSPS) is 33.7. The fraction of sp³-hybridized carbons (Fsp3) is 0.850. The molecule has 5 atom stereocenters. The molecule has 5 nitrogen and oxygen atoms in total. The van der Waals surface area contributed by atoms with E-state index in [0.29, 0.717) is 6.61 Å². The number of primary amides is 1. The summed E-state index contributed by atoms with van der Waals surface area (Å²) >= 11 is 0. The first-order chi connectivity index (χ1) is 11.7. The number of aliphatic hydroxyl groups is 1. The minimum atomic E-state index is -0.496. The molecule has 0 aromatic carbocycles. The molecule has 2 unspecified atom stereocenters. The van der Waals surface area contributed by atoms with Gasteiger partial charge in [-0.05, 0) is 58.8 Å². The number of fused-ring (bicyclic) bond motifs is 2. The van der Waals surface area contributed by atoms with Gasteiger partial charge in [0.1, 0.15) is 5.60 Å². The van der Waals surface area contributed by atoms with Crippen LogP contribution in [0.2, 0.25) is 0 Å². The summed E-state index contributed by atoms with van der Waals surface area (Å²) in [6.45, 7) is 8.78. The van der Waals surface area contributed by atoms with Crippen molar-refractivity contribution in [3.05, 3.63) is 11.6 Å². The van der Waals surface area contributed by atoms with Gasteiger partial charge in [0, 0.05) is 0 Å². The lowest BCUT2D eigenvalue weighted by molar-refractivity contribution is -0.241. The Balaban J connectivity index is 1.80. The molecule has 0 aliphatic carbocycles. The molecule has 2 rings (SSSR count). The Hall–Kier alpha value is -0.910. The molecule has 0 saturated carbocycles. The number of rotatable bonds is 9. The second-order valence-electron chi connectivity index (χ2n) is 8.53. The van der Waals surface area contributed by atoms with E-state index in [9.17, 15) is 9.90 Å². The van der Waals surface area contributed by atoms with Crippen molar-refractivity contribution in [3.8, 4) is 0 Å². The third-order valence-corrected chi connectivity index (χ3v) is 5.85. The highest BCUT2D eigenvalue weighted by Crippen LogP contribution is 2.46. The third-order valence-electron chi connectivity index (χ3n) is 5.85. The van der Waals surface area contributed by atoms with E-state index in [2.05, 4.69) is 33.8 Å². The molecule has 0 aromatic heterocycles. The van der Waals surface area contributed by atoms with Gasteiger partial charge in [-0.2, -0.15) is 0 Å². The summed E-state index contributed by atoms with van der Waals surface area (Å²) in [5, 5.41) is 10.2. The maximum Gasteiger partial charge on any atom is 0.220 e. The van der Waals surface area contributed by atoms with Crippen molar-refractivity contribution in [2.45, 2.75) is 96.1 Å². The number of carbonyl (C=O) groups is 1. The van der Waals surface area contributed by atoms with Crippen LogP contribution in [0, 0.1) is 5.92 Å². The number of carbonyl (C=O) groups excluding carboxylic acids is 1. The zero-order chi connectivity index (χ0) is 18.7. The largest absolute Gasteiger partial charge is 0.393 e. The minimum absolute atomic E-state index is 0.0338. The zero-order valence-corrected chi connectivity index (χ0v) is 16.2. The van der Waals surface area contributed by atoms with Crippen LogP contribution in [0.5, 0.6) is 0 Å². The Kier molecular flexibility index (Phi) is 6.68. The predicted octanol–water partition coefficient (Wildman–Crippen LogP) is 3.09. The monoisotopic (exact) mass is 353 g/mol. The van der Waals surface area contributed by atoms with Crippen LogP contribution in [0.3, 0.4) is 0 Å². The summed E-state index contributed by atoms with van der Waals surface area (Å²) in [6.07, 6.45) is 7.43. The standard InChI is InChI=1S/C20H35NO4/c1-14(2)7-8-16(22)15(3)6-5-10-19(4)17-9-11-20(25-17,13-24-19)12-18(21)23/h7,15-17,22H,5-6,8-13H2,1-4H3,(H2,21,23)/t15?,16?,17-,19+,20-/m1/s1. The zero-order valence-electron chi connectivity index (χ0n) is 16.2. The van der Waals surface area contributed by atoms with Crippen molar-refractivity contribution in [2.24, 2.45) is 11.7 Å². The Morgan fingerprint density at radius 1 is 1.44 bits per heavy atom. The molecule has 25 heavy (non-hydrogen) atoms. The van der Waals surface area contributed by atoms with Crippen LogP contribution in [0.4, 0.5) is 0 Å². The van der Waals surface area contributed by atoms with Crippen LogP contribution in [0.25, 0.3) is 0 Å². The van der Waals surface area contributed by atoms with Gasteiger partial charge in [0.25, 0.3) is 0 Å². The average Bonchev–Trinajstić information content (AvgIpc) is 2.89. The second kappa shape index (κ2) is 8.19. The number of aliphatic hydroxyl groups excluding tert-OH is 1. The molecular weight excluding hydrogens is 318 g/mol. The van der Waals surface area contributed by atoms with Crippen LogP contribution in [0.1, 0.15) is 72.6 Å².